The van der Waals surface area contributed by atoms with E-state index in [0.717, 1.165) is 25.5 Å². The average molecular weight is 395 g/mol. The van der Waals surface area contributed by atoms with E-state index < -0.39 is 0 Å². The molecule has 3 aromatic rings. The van der Waals surface area contributed by atoms with Crippen molar-refractivity contribution in [3.63, 3.8) is 0 Å². The Labute approximate surface area is 136 Å². The van der Waals surface area contributed by atoms with Gasteiger partial charge in [-0.2, -0.15) is 0 Å². The van der Waals surface area contributed by atoms with Crippen LogP contribution in [-0.4, -0.2) is 4.98 Å². The highest BCUT2D eigenvalue weighted by Crippen LogP contribution is 2.30. The molecule has 2 nitrogen and oxygen atoms in total. The topological polar surface area (TPSA) is 38.9 Å². The van der Waals surface area contributed by atoms with Crippen molar-refractivity contribution in [3.05, 3.63) is 74.6 Å². The number of rotatable bonds is 2. The number of hydrogen-bond acceptors (Lipinski definition) is 2. The third-order valence-electron chi connectivity index (χ3n) is 3.34. The minimum Gasteiger partial charge on any atom is -0.320 e. The van der Waals surface area contributed by atoms with Gasteiger partial charge >= 0.3 is 0 Å². The Bertz CT molecular complexity index is 768. The van der Waals surface area contributed by atoms with Gasteiger partial charge in [0.25, 0.3) is 0 Å². The maximum absolute atomic E-state index is 6.47. The van der Waals surface area contributed by atoms with E-state index in [9.17, 15) is 0 Å². The zero-order chi connectivity index (χ0) is 14.1. The second-order valence-electron chi connectivity index (χ2n) is 4.59. The Morgan fingerprint density at radius 1 is 1.10 bits per heavy atom. The number of fused-ring (bicyclic) bond motifs is 1. The van der Waals surface area contributed by atoms with Crippen LogP contribution in [0.1, 0.15) is 17.2 Å². The summed E-state index contributed by atoms with van der Waals surface area (Å²) in [4.78, 5) is 4.15. The largest absolute Gasteiger partial charge is 0.320 e. The number of halogens is 2. The van der Waals surface area contributed by atoms with Gasteiger partial charge in [-0.3, -0.25) is 4.98 Å². The molecular formula is C16H12ClIN2. The van der Waals surface area contributed by atoms with Crippen LogP contribution in [0.25, 0.3) is 10.8 Å². The molecule has 1 aromatic heterocycles. The molecule has 0 saturated heterocycles. The molecule has 0 aliphatic carbocycles. The predicted octanol–water partition coefficient (Wildman–Crippen LogP) is 4.54. The van der Waals surface area contributed by atoms with Gasteiger partial charge in [0.05, 0.1) is 6.04 Å². The smallest absolute Gasteiger partial charge is 0.0568 e. The third-order valence-corrected chi connectivity index (χ3v) is 4.56. The molecule has 0 aliphatic rings. The van der Waals surface area contributed by atoms with Gasteiger partial charge < -0.3 is 5.73 Å². The van der Waals surface area contributed by atoms with Gasteiger partial charge in [-0.05, 0) is 63.4 Å². The van der Waals surface area contributed by atoms with Gasteiger partial charge in [0.1, 0.15) is 0 Å². The molecule has 1 heterocycles. The molecule has 1 unspecified atom stereocenters. The fourth-order valence-corrected chi connectivity index (χ4v) is 3.19. The quantitative estimate of drug-likeness (QED) is 0.648. The van der Waals surface area contributed by atoms with E-state index in [4.69, 9.17) is 17.3 Å². The van der Waals surface area contributed by atoms with Crippen LogP contribution in [0, 0.1) is 3.57 Å². The molecule has 0 fully saturated rings. The molecule has 0 amide bonds. The first-order chi connectivity index (χ1) is 9.66. The highest BCUT2D eigenvalue weighted by molar-refractivity contribution is 14.1. The van der Waals surface area contributed by atoms with E-state index in [1.807, 2.05) is 42.6 Å². The molecule has 2 N–H and O–H groups in total. The molecule has 3 rings (SSSR count). The monoisotopic (exact) mass is 394 g/mol. The molecule has 0 spiro atoms. The second kappa shape index (κ2) is 5.68. The molecule has 0 radical (unpaired) electrons. The van der Waals surface area contributed by atoms with Crippen molar-refractivity contribution in [3.8, 4) is 0 Å². The second-order valence-corrected chi connectivity index (χ2v) is 6.19. The summed E-state index contributed by atoms with van der Waals surface area (Å²) in [5.41, 5.74) is 8.60. The van der Waals surface area contributed by atoms with Crippen LogP contribution in [0.5, 0.6) is 0 Å². The minimum atomic E-state index is -0.202. The maximum atomic E-state index is 6.47. The molecule has 2 aromatic carbocycles. The van der Waals surface area contributed by atoms with Crippen molar-refractivity contribution >= 4 is 45.0 Å². The van der Waals surface area contributed by atoms with Gasteiger partial charge in [0.2, 0.25) is 0 Å². The molecular weight excluding hydrogens is 383 g/mol. The van der Waals surface area contributed by atoms with E-state index >= 15 is 0 Å². The van der Waals surface area contributed by atoms with Crippen molar-refractivity contribution in [1.29, 1.82) is 0 Å². The van der Waals surface area contributed by atoms with Gasteiger partial charge in [-0.25, -0.2) is 0 Å². The van der Waals surface area contributed by atoms with E-state index in [1.54, 1.807) is 6.20 Å². The zero-order valence-corrected chi connectivity index (χ0v) is 13.5. The molecule has 100 valence electrons. The lowest BCUT2D eigenvalue weighted by Crippen LogP contribution is -2.13. The van der Waals surface area contributed by atoms with Crippen LogP contribution >= 0.6 is 34.2 Å². The molecule has 4 heteroatoms. The summed E-state index contributed by atoms with van der Waals surface area (Å²) < 4.78 is 1.12. The van der Waals surface area contributed by atoms with Crippen molar-refractivity contribution in [2.24, 2.45) is 5.73 Å². The minimum absolute atomic E-state index is 0.202. The Hall–Kier alpha value is -1.17. The summed E-state index contributed by atoms with van der Waals surface area (Å²) in [7, 11) is 0. The Morgan fingerprint density at radius 3 is 2.80 bits per heavy atom. The maximum Gasteiger partial charge on any atom is 0.0568 e. The summed E-state index contributed by atoms with van der Waals surface area (Å²) in [5.74, 6) is 0. The highest BCUT2D eigenvalue weighted by Gasteiger charge is 2.15. The average Bonchev–Trinajstić information content (AvgIpc) is 2.48. The fraction of sp³-hybridized carbons (Fsp3) is 0.0625. The number of nitrogens with zero attached hydrogens (tertiary/aromatic N) is 1. The molecule has 1 atom stereocenters. The van der Waals surface area contributed by atoms with Crippen molar-refractivity contribution in [1.82, 2.24) is 4.98 Å². The van der Waals surface area contributed by atoms with Crippen molar-refractivity contribution in [2.45, 2.75) is 6.04 Å². The lowest BCUT2D eigenvalue weighted by Gasteiger charge is -2.17. The molecule has 0 bridgehead atoms. The van der Waals surface area contributed by atoms with Crippen molar-refractivity contribution in [2.75, 3.05) is 0 Å². The normalized spacial score (nSPS) is 12.6. The molecule has 20 heavy (non-hydrogen) atoms. The molecule has 0 saturated carbocycles. The fourth-order valence-electron chi connectivity index (χ4n) is 2.34. The number of hydrogen-bond donors (Lipinski definition) is 1. The highest BCUT2D eigenvalue weighted by atomic mass is 127. The lowest BCUT2D eigenvalue weighted by atomic mass is 9.95. The Kier molecular flexibility index (Phi) is 3.92. The van der Waals surface area contributed by atoms with Crippen molar-refractivity contribution < 1.29 is 0 Å². The van der Waals surface area contributed by atoms with E-state index in [0.29, 0.717) is 5.02 Å². The van der Waals surface area contributed by atoms with Crippen LogP contribution in [0.2, 0.25) is 5.02 Å². The van der Waals surface area contributed by atoms with Crippen LogP contribution < -0.4 is 5.73 Å². The zero-order valence-electron chi connectivity index (χ0n) is 10.6. The first-order valence-corrected chi connectivity index (χ1v) is 7.65. The van der Waals surface area contributed by atoms with E-state index in [2.05, 4.69) is 33.6 Å². The Morgan fingerprint density at radius 2 is 1.95 bits per heavy atom. The lowest BCUT2D eigenvalue weighted by molar-refractivity contribution is 0.874. The first-order valence-electron chi connectivity index (χ1n) is 6.20. The van der Waals surface area contributed by atoms with Gasteiger partial charge in [0, 0.05) is 26.4 Å². The number of benzene rings is 2. The van der Waals surface area contributed by atoms with Gasteiger partial charge in [-0.15, -0.1) is 0 Å². The van der Waals surface area contributed by atoms with E-state index in [1.165, 1.54) is 0 Å². The summed E-state index contributed by atoms with van der Waals surface area (Å²) in [6.07, 6.45) is 3.65. The Balaban J connectivity index is 2.17. The summed E-state index contributed by atoms with van der Waals surface area (Å²) in [5, 5.41) is 2.93. The number of pyridine rings is 1. The van der Waals surface area contributed by atoms with Crippen LogP contribution in [0.3, 0.4) is 0 Å². The standard InChI is InChI=1S/C16H12ClIN2/c17-11-4-5-15(18)14(8-11)16(19)13-3-1-2-10-9-20-7-6-12(10)13/h1-9,16H,19H2. The van der Waals surface area contributed by atoms with Crippen LogP contribution in [0.4, 0.5) is 0 Å². The first kappa shape index (κ1) is 13.8. The third kappa shape index (κ3) is 2.53. The number of nitrogens with two attached hydrogens (primary N) is 1. The summed E-state index contributed by atoms with van der Waals surface area (Å²) >= 11 is 8.39. The van der Waals surface area contributed by atoms with E-state index in [-0.39, 0.29) is 6.04 Å². The summed E-state index contributed by atoms with van der Waals surface area (Å²) in [6, 6.07) is 13.7. The SMILES string of the molecule is NC(c1cc(Cl)ccc1I)c1cccc2cnccc12. The molecule has 0 aliphatic heterocycles. The number of aromatic nitrogens is 1. The van der Waals surface area contributed by atoms with Crippen LogP contribution in [0.15, 0.2) is 54.9 Å². The van der Waals surface area contributed by atoms with Gasteiger partial charge in [-0.1, -0.05) is 29.8 Å². The predicted molar refractivity (Wildman–Crippen MR) is 91.9 cm³/mol. The summed E-state index contributed by atoms with van der Waals surface area (Å²) in [6.45, 7) is 0. The van der Waals surface area contributed by atoms with Crippen LogP contribution in [-0.2, 0) is 0 Å². The van der Waals surface area contributed by atoms with Gasteiger partial charge in [0.15, 0.2) is 0 Å².